The van der Waals surface area contributed by atoms with Gasteiger partial charge in [0.05, 0.1) is 122 Å². The van der Waals surface area contributed by atoms with Gasteiger partial charge in [-0.1, -0.05) is 20.8 Å². The van der Waals surface area contributed by atoms with Crippen molar-refractivity contribution in [2.75, 3.05) is 148 Å². The topological polar surface area (TPSA) is 408 Å². The highest BCUT2D eigenvalue weighted by atomic mass is 35.5. The van der Waals surface area contributed by atoms with Gasteiger partial charge in [-0.15, -0.1) is 69.6 Å². The van der Waals surface area contributed by atoms with Gasteiger partial charge in [-0.25, -0.2) is 0 Å². The van der Waals surface area contributed by atoms with E-state index < -0.39 is 119 Å². The molecule has 0 aliphatic carbocycles. The second-order valence-electron chi connectivity index (χ2n) is 36.2. The summed E-state index contributed by atoms with van der Waals surface area (Å²) in [6.07, 6.45) is 7.38. The summed E-state index contributed by atoms with van der Waals surface area (Å²) in [4.78, 5) is 147. The third kappa shape index (κ3) is 54.5. The molecule has 0 N–H and O–H groups in total. The molecule has 0 bridgehead atoms. The Morgan fingerprint density at radius 2 is 0.532 bits per heavy atom. The predicted molar refractivity (Wildman–Crippen MR) is 534 cm³/mol. The van der Waals surface area contributed by atoms with Gasteiger partial charge in [0.15, 0.2) is 59.7 Å². The Balaban J connectivity index is -0.000000787. The van der Waals surface area contributed by atoms with Crippen LogP contribution in [-0.2, 0) is 161 Å². The maximum absolute atomic E-state index is 12.3. The van der Waals surface area contributed by atoms with Gasteiger partial charge < -0.3 is 104 Å². The van der Waals surface area contributed by atoms with Crippen molar-refractivity contribution < 1.29 is 161 Å². The number of rotatable bonds is 62. The number of hydrogen-bond acceptors (Lipinski definition) is 34. The molecule has 2 aliphatic heterocycles. The van der Waals surface area contributed by atoms with E-state index in [0.717, 1.165) is 38.5 Å². The fourth-order valence-corrected chi connectivity index (χ4v) is 15.7. The molecule has 0 amide bonds. The zero-order valence-electron chi connectivity index (χ0n) is 89.1. The monoisotopic (exact) mass is 2130 g/mol. The zero-order valence-corrected chi connectivity index (χ0v) is 94.7. The first-order valence-electron chi connectivity index (χ1n) is 48.9. The van der Waals surface area contributed by atoms with Crippen molar-refractivity contribution in [1.82, 2.24) is 0 Å². The Labute approximate surface area is 861 Å². The Kier molecular flexibility index (Phi) is 77.5. The molecule has 2 fully saturated rings. The average molecular weight is 2140 g/mol. The number of alkyl halides is 6. The average Bonchev–Trinajstić information content (AvgIpc) is 0.823. The smallest absolute Gasteiger partial charge is 0.323 e. The molecule has 139 heavy (non-hydrogen) atoms. The molecule has 818 valence electrons. The summed E-state index contributed by atoms with van der Waals surface area (Å²) in [5, 5.41) is 0.0584. The standard InChI is InChI=1S/C18H35ClO5Si.2C17H29ClO6.C16H29ClO6.C16H29ClO5.C14H25ClO6/c1-9-22-15(20)18(6,16(21)23-10-2)12-11-14(13-19)24-25(7,8)17(3,4)5;2*1-4-21-15(19)17(3,16(20)22-5-2)10-9-13(12-18)24-14-8-6-7-11-23-14;1-6-20-12(4)23-13(11-17)9-10-16(5,14(18)21-7-2)15(19)22-8-3;1-7-20-13(18)16(6,14(19)21-8-2)10-9-12(11-17)22-15(3,4)5;1-5-19-12(16)14(3,13(17)20-6-2)8-7-11(9-15)21-10-18-4/h14H,9-13H2,1-8H3;2*13-14H,4-12H2,1-3H3;12-13H,6-11H2,1-5H3;12H,7-11H2,1-6H3;11H,5-10H2,1-4H3/t14-;2*13-,14?;12?,13-;12-;11-/m000000/s1. The van der Waals surface area contributed by atoms with Crippen molar-refractivity contribution in [3.8, 4) is 0 Å². The highest BCUT2D eigenvalue weighted by Gasteiger charge is 2.51. The van der Waals surface area contributed by atoms with Crippen LogP contribution in [0.15, 0.2) is 0 Å². The van der Waals surface area contributed by atoms with E-state index in [1.54, 1.807) is 118 Å². The van der Waals surface area contributed by atoms with E-state index in [1.165, 1.54) is 21.0 Å². The molecule has 41 heteroatoms. The molecule has 2 rings (SSSR count). The molecule has 0 aromatic rings. The van der Waals surface area contributed by atoms with Crippen LogP contribution in [0.3, 0.4) is 0 Å². The van der Waals surface area contributed by atoms with Crippen molar-refractivity contribution in [2.24, 2.45) is 32.5 Å². The number of hydrogen-bond donors (Lipinski definition) is 0. The van der Waals surface area contributed by atoms with Gasteiger partial charge in [0.2, 0.25) is 0 Å². The van der Waals surface area contributed by atoms with Crippen molar-refractivity contribution in [2.45, 2.75) is 375 Å². The first-order chi connectivity index (χ1) is 65.2. The van der Waals surface area contributed by atoms with Gasteiger partial charge in [0, 0.05) is 62.2 Å². The quantitative estimate of drug-likeness (QED) is 0.0136. The Morgan fingerprint density at radius 1 is 0.309 bits per heavy atom. The van der Waals surface area contributed by atoms with Crippen LogP contribution in [-0.4, -0.2) is 289 Å². The molecular weight excluding hydrogens is 1960 g/mol. The lowest BCUT2D eigenvalue weighted by Crippen LogP contribution is -2.45. The molecule has 9 atom stereocenters. The minimum Gasteiger partial charge on any atom is -0.465 e. The largest absolute Gasteiger partial charge is 0.465 e. The zero-order chi connectivity index (χ0) is 107. The first kappa shape index (κ1) is 140. The summed E-state index contributed by atoms with van der Waals surface area (Å²) in [6.45, 7) is 54.4. The minimum absolute atomic E-state index is 0.0584. The third-order valence-corrected chi connectivity index (χ3v) is 29.1. The van der Waals surface area contributed by atoms with E-state index in [9.17, 15) is 57.5 Å². The van der Waals surface area contributed by atoms with Gasteiger partial charge >= 0.3 is 71.6 Å². The van der Waals surface area contributed by atoms with Crippen LogP contribution in [0, 0.1) is 32.5 Å². The lowest BCUT2D eigenvalue weighted by atomic mass is 9.84. The van der Waals surface area contributed by atoms with E-state index in [0.29, 0.717) is 70.1 Å². The molecule has 2 saturated heterocycles. The second-order valence-corrected chi connectivity index (χ2v) is 42.8. The number of methoxy groups -OCH3 is 1. The molecule has 0 saturated carbocycles. The van der Waals surface area contributed by atoms with Crippen LogP contribution in [0.5, 0.6) is 0 Å². The predicted octanol–water partition coefficient (Wildman–Crippen LogP) is 19.0. The summed E-state index contributed by atoms with van der Waals surface area (Å²) in [6, 6.07) is 0. The summed E-state index contributed by atoms with van der Waals surface area (Å²) in [5.41, 5.74) is -8.45. The van der Waals surface area contributed by atoms with Crippen LogP contribution in [0.2, 0.25) is 18.1 Å². The fourth-order valence-electron chi connectivity index (χ4n) is 12.9. The number of carbonyl (C=O) groups is 12. The SMILES string of the molecule is CCOC(=O)C(C)(CC[C@@H](CCl)OC(C)(C)C)C(=O)OCC.CCOC(=O)C(C)(CC[C@@H](CCl)OC(C)OCC)C(=O)OCC.CCOC(=O)C(C)(CC[C@@H](CCl)OC1CCCCO1)C(=O)OCC.CCOC(=O)C(C)(CC[C@@H](CCl)OC1CCCCO1)C(=O)OCC.CCOC(=O)C(C)(CC[C@@H](CCl)OCOC)C(=O)OCC.CCOC(=O)C(C)(CC[C@@H](CCl)O[Si](C)(C)C(C)(C)C)C(=O)OCC. The fraction of sp³-hybridized carbons (Fsp3) is 0.878. The van der Waals surface area contributed by atoms with E-state index in [2.05, 4.69) is 33.9 Å². The van der Waals surface area contributed by atoms with E-state index in [4.69, 9.17) is 174 Å². The van der Waals surface area contributed by atoms with Crippen molar-refractivity contribution in [3.05, 3.63) is 0 Å². The highest BCUT2D eigenvalue weighted by Crippen LogP contribution is 2.41. The van der Waals surface area contributed by atoms with Gasteiger partial charge in [0.1, 0.15) is 6.79 Å². The Hall–Kier alpha value is -4.80. The molecular formula is C98H176Cl6O34Si. The summed E-state index contributed by atoms with van der Waals surface area (Å²) in [5.74, 6) is -5.34. The van der Waals surface area contributed by atoms with Crippen molar-refractivity contribution in [3.63, 3.8) is 0 Å². The number of esters is 12. The lowest BCUT2D eigenvalue weighted by Gasteiger charge is -2.39. The summed E-state index contributed by atoms with van der Waals surface area (Å²) in [7, 11) is -0.480. The maximum atomic E-state index is 12.3. The summed E-state index contributed by atoms with van der Waals surface area (Å²) >= 11 is 35.7. The van der Waals surface area contributed by atoms with Crippen LogP contribution in [0.1, 0.15) is 296 Å². The van der Waals surface area contributed by atoms with Gasteiger partial charge in [-0.3, -0.25) is 57.5 Å². The van der Waals surface area contributed by atoms with E-state index in [1.807, 2.05) is 27.7 Å². The Bertz CT molecular complexity index is 3210. The molecule has 2 aliphatic rings. The second kappa shape index (κ2) is 76.7. The molecule has 3 unspecified atom stereocenters. The van der Waals surface area contributed by atoms with Crippen LogP contribution >= 0.6 is 69.6 Å². The highest BCUT2D eigenvalue weighted by molar-refractivity contribution is 6.74. The molecule has 0 aromatic heterocycles. The molecule has 0 radical (unpaired) electrons. The lowest BCUT2D eigenvalue weighted by molar-refractivity contribution is -0.188. The van der Waals surface area contributed by atoms with Crippen molar-refractivity contribution >= 4 is 150 Å². The Morgan fingerprint density at radius 3 is 0.727 bits per heavy atom. The molecule has 2 heterocycles. The molecule has 0 spiro atoms. The van der Waals surface area contributed by atoms with Gasteiger partial charge in [-0.2, -0.15) is 0 Å². The number of ether oxygens (including phenoxy) is 21. The van der Waals surface area contributed by atoms with Crippen molar-refractivity contribution in [1.29, 1.82) is 0 Å². The van der Waals surface area contributed by atoms with Crippen LogP contribution in [0.4, 0.5) is 0 Å². The molecule has 0 aromatic carbocycles. The van der Waals surface area contributed by atoms with E-state index in [-0.39, 0.29) is 208 Å². The number of halogens is 6. The first-order valence-corrected chi connectivity index (χ1v) is 55.0. The maximum Gasteiger partial charge on any atom is 0.323 e. The number of carbonyl (C=O) groups excluding carboxylic acids is 12. The van der Waals surface area contributed by atoms with Gasteiger partial charge in [-0.05, 0) is 293 Å². The summed E-state index contributed by atoms with van der Waals surface area (Å²) < 4.78 is 117. The van der Waals surface area contributed by atoms with Gasteiger partial charge in [0.25, 0.3) is 0 Å². The van der Waals surface area contributed by atoms with Crippen LogP contribution < -0.4 is 0 Å². The minimum atomic E-state index is -1.99. The third-order valence-electron chi connectivity index (χ3n) is 22.5. The van der Waals surface area contributed by atoms with Crippen LogP contribution in [0.25, 0.3) is 0 Å². The molecule has 34 nitrogen and oxygen atoms in total. The normalized spacial score (nSPS) is 15.7. The van der Waals surface area contributed by atoms with E-state index >= 15 is 0 Å².